The third-order valence-corrected chi connectivity index (χ3v) is 2.66. The van der Waals surface area contributed by atoms with Gasteiger partial charge in [0.2, 0.25) is 0 Å². The van der Waals surface area contributed by atoms with E-state index in [2.05, 4.69) is 15.9 Å². The van der Waals surface area contributed by atoms with E-state index >= 15 is 0 Å². The van der Waals surface area contributed by atoms with Crippen molar-refractivity contribution >= 4 is 15.9 Å². The van der Waals surface area contributed by atoms with E-state index in [9.17, 15) is 20.2 Å². The van der Waals surface area contributed by atoms with E-state index in [1.165, 1.54) is 24.3 Å². The van der Waals surface area contributed by atoms with Crippen LogP contribution in [-0.4, -0.2) is 9.85 Å². The second-order valence-electron chi connectivity index (χ2n) is 2.47. The molecular weight excluding hydrogens is 256 g/mol. The fourth-order valence-corrected chi connectivity index (χ4v) is 1.19. The van der Waals surface area contributed by atoms with Gasteiger partial charge in [0.25, 0.3) is 0 Å². The lowest BCUT2D eigenvalue weighted by Crippen LogP contribution is -2.36. The molecule has 0 spiro atoms. The van der Waals surface area contributed by atoms with Crippen molar-refractivity contribution in [2.75, 3.05) is 0 Å². The van der Waals surface area contributed by atoms with Crippen LogP contribution in [-0.2, 0) is 4.57 Å². The molecular formula is C7H5BrN2O4. The van der Waals surface area contributed by atoms with Crippen molar-refractivity contribution in [1.82, 2.24) is 0 Å². The van der Waals surface area contributed by atoms with E-state index in [4.69, 9.17) is 0 Å². The van der Waals surface area contributed by atoms with Crippen LogP contribution in [0.15, 0.2) is 30.3 Å². The molecule has 0 fully saturated rings. The zero-order valence-electron chi connectivity index (χ0n) is 6.79. The summed E-state index contributed by atoms with van der Waals surface area (Å²) in [5.74, 6) is 0. The Balaban J connectivity index is 3.27. The van der Waals surface area contributed by atoms with Gasteiger partial charge in [-0.05, 0) is 12.1 Å². The second kappa shape index (κ2) is 3.70. The molecule has 0 saturated carbocycles. The summed E-state index contributed by atoms with van der Waals surface area (Å²) < 4.78 is -2.45. The smallest absolute Gasteiger partial charge is 0.257 e. The fourth-order valence-electron chi connectivity index (χ4n) is 0.928. The van der Waals surface area contributed by atoms with Crippen LogP contribution >= 0.6 is 15.9 Å². The molecule has 0 heterocycles. The van der Waals surface area contributed by atoms with E-state index in [0.29, 0.717) is 0 Å². The summed E-state index contributed by atoms with van der Waals surface area (Å²) in [5, 5.41) is 21.2. The summed E-state index contributed by atoms with van der Waals surface area (Å²) in [5.41, 5.74) is -0.0185. The van der Waals surface area contributed by atoms with Crippen molar-refractivity contribution in [3.63, 3.8) is 0 Å². The standard InChI is InChI=1S/C7H5BrN2O4/c8-7(9(11)12,10(13)14)6-4-2-1-3-5-6/h1-5H. The van der Waals surface area contributed by atoms with Crippen LogP contribution in [0, 0.1) is 20.2 Å². The first-order valence-corrected chi connectivity index (χ1v) is 4.32. The van der Waals surface area contributed by atoms with Crippen LogP contribution in [0.4, 0.5) is 0 Å². The quantitative estimate of drug-likeness (QED) is 0.272. The minimum absolute atomic E-state index is 0.0185. The van der Waals surface area contributed by atoms with Crippen molar-refractivity contribution < 1.29 is 9.85 Å². The third-order valence-electron chi connectivity index (χ3n) is 1.62. The van der Waals surface area contributed by atoms with Crippen LogP contribution in [0.5, 0.6) is 0 Å². The van der Waals surface area contributed by atoms with Crippen molar-refractivity contribution in [1.29, 1.82) is 0 Å². The first kappa shape index (κ1) is 10.6. The van der Waals surface area contributed by atoms with Crippen LogP contribution in [0.1, 0.15) is 5.56 Å². The molecule has 0 aliphatic carbocycles. The first-order valence-electron chi connectivity index (χ1n) is 3.53. The van der Waals surface area contributed by atoms with Gasteiger partial charge in [-0.3, -0.25) is 20.2 Å². The van der Waals surface area contributed by atoms with Crippen LogP contribution < -0.4 is 0 Å². The molecule has 1 aromatic rings. The van der Waals surface area contributed by atoms with Gasteiger partial charge in [-0.2, -0.15) is 0 Å². The zero-order chi connectivity index (χ0) is 10.8. The maximum Gasteiger partial charge on any atom is 0.537 e. The Kier molecular flexibility index (Phi) is 2.80. The molecule has 6 nitrogen and oxygen atoms in total. The highest BCUT2D eigenvalue weighted by molar-refractivity contribution is 9.09. The van der Waals surface area contributed by atoms with Gasteiger partial charge in [-0.1, -0.05) is 18.2 Å². The number of hydrogen-bond donors (Lipinski definition) is 0. The summed E-state index contributed by atoms with van der Waals surface area (Å²) in [4.78, 5) is 19.2. The molecule has 0 amide bonds. The van der Waals surface area contributed by atoms with E-state index in [-0.39, 0.29) is 5.56 Å². The second-order valence-corrected chi connectivity index (χ2v) is 3.57. The largest absolute Gasteiger partial charge is 0.537 e. The highest BCUT2D eigenvalue weighted by Gasteiger charge is 2.55. The lowest BCUT2D eigenvalue weighted by atomic mass is 10.2. The van der Waals surface area contributed by atoms with E-state index in [1.54, 1.807) is 6.07 Å². The SMILES string of the molecule is O=[N+]([O-])C(Br)(c1ccccc1)[N+](=O)[O-]. The number of nitrogens with zero attached hydrogens (tertiary/aromatic N) is 2. The summed E-state index contributed by atoms with van der Waals surface area (Å²) >= 11 is 2.52. The summed E-state index contributed by atoms with van der Waals surface area (Å²) in [6.07, 6.45) is 0. The molecule has 0 saturated heterocycles. The topological polar surface area (TPSA) is 86.3 Å². The Hall–Kier alpha value is -1.50. The van der Waals surface area contributed by atoms with Gasteiger partial charge in [0, 0.05) is 0 Å². The van der Waals surface area contributed by atoms with E-state index in [1.807, 2.05) is 0 Å². The summed E-state index contributed by atoms with van der Waals surface area (Å²) in [7, 11) is 0. The van der Waals surface area contributed by atoms with Crippen LogP contribution in [0.3, 0.4) is 0 Å². The summed E-state index contributed by atoms with van der Waals surface area (Å²) in [6, 6.07) is 7.26. The molecule has 0 aliphatic rings. The maximum absolute atomic E-state index is 10.6. The van der Waals surface area contributed by atoms with Gasteiger partial charge in [-0.25, -0.2) is 0 Å². The Morgan fingerprint density at radius 3 is 1.86 bits per heavy atom. The highest BCUT2D eigenvalue weighted by atomic mass is 79.9. The maximum atomic E-state index is 10.6. The zero-order valence-corrected chi connectivity index (χ0v) is 8.38. The van der Waals surface area contributed by atoms with Crippen molar-refractivity contribution in [3.05, 3.63) is 56.1 Å². The monoisotopic (exact) mass is 260 g/mol. The van der Waals surface area contributed by atoms with Gasteiger partial charge in [-0.15, -0.1) is 0 Å². The van der Waals surface area contributed by atoms with Crippen molar-refractivity contribution in [3.8, 4) is 0 Å². The number of alkyl halides is 1. The number of benzene rings is 1. The Morgan fingerprint density at radius 1 is 1.07 bits per heavy atom. The van der Waals surface area contributed by atoms with Gasteiger partial charge in [0.15, 0.2) is 0 Å². The molecule has 0 N–H and O–H groups in total. The van der Waals surface area contributed by atoms with Crippen molar-refractivity contribution in [2.45, 2.75) is 4.57 Å². The van der Waals surface area contributed by atoms with Crippen LogP contribution in [0.2, 0.25) is 0 Å². The number of nitro groups is 2. The van der Waals surface area contributed by atoms with Gasteiger partial charge < -0.3 is 0 Å². The first-order chi connectivity index (χ1) is 6.49. The normalized spacial score (nSPS) is 10.9. The molecule has 0 atom stereocenters. The average molecular weight is 261 g/mol. The molecule has 0 unspecified atom stereocenters. The Morgan fingerprint density at radius 2 is 1.50 bits per heavy atom. The molecule has 14 heavy (non-hydrogen) atoms. The third kappa shape index (κ3) is 1.58. The highest BCUT2D eigenvalue weighted by Crippen LogP contribution is 2.32. The number of hydrogen-bond acceptors (Lipinski definition) is 4. The van der Waals surface area contributed by atoms with Crippen molar-refractivity contribution in [2.24, 2.45) is 0 Å². The Labute approximate surface area is 87.0 Å². The molecule has 1 aromatic carbocycles. The molecule has 0 aliphatic heterocycles. The number of halogens is 1. The molecule has 7 heteroatoms. The molecule has 1 rings (SSSR count). The van der Waals surface area contributed by atoms with Gasteiger partial charge in [0.05, 0.1) is 0 Å². The predicted molar refractivity (Wildman–Crippen MR) is 51.0 cm³/mol. The molecule has 0 radical (unpaired) electrons. The van der Waals surface area contributed by atoms with E-state index in [0.717, 1.165) is 0 Å². The average Bonchev–Trinajstić information content (AvgIpc) is 2.17. The minimum atomic E-state index is -2.45. The molecule has 0 aromatic heterocycles. The lowest BCUT2D eigenvalue weighted by Gasteiger charge is -2.09. The summed E-state index contributed by atoms with van der Waals surface area (Å²) in [6.45, 7) is 0. The van der Waals surface area contributed by atoms with Gasteiger partial charge in [0.1, 0.15) is 31.3 Å². The fraction of sp³-hybridized carbons (Fsp3) is 0.143. The van der Waals surface area contributed by atoms with Crippen LogP contribution in [0.25, 0.3) is 0 Å². The Bertz CT molecular complexity index is 353. The lowest BCUT2D eigenvalue weighted by molar-refractivity contribution is -0.770. The van der Waals surface area contributed by atoms with Gasteiger partial charge >= 0.3 is 4.57 Å². The molecule has 74 valence electrons. The number of rotatable bonds is 3. The minimum Gasteiger partial charge on any atom is -0.257 e. The molecule has 0 bridgehead atoms. The van der Waals surface area contributed by atoms with E-state index < -0.39 is 14.4 Å². The predicted octanol–water partition coefficient (Wildman–Crippen LogP) is 1.75.